The molecule has 330 valence electrons. The van der Waals surface area contributed by atoms with E-state index in [1.54, 1.807) is 13.8 Å². The normalized spacial score (nSPS) is 13.0. The second-order valence-corrected chi connectivity index (χ2v) is 16.3. The summed E-state index contributed by atoms with van der Waals surface area (Å²) in [4.78, 5) is 49.0. The zero-order valence-corrected chi connectivity index (χ0v) is 36.9. The van der Waals surface area contributed by atoms with E-state index >= 15 is 0 Å². The number of benzene rings is 6. The number of carbonyl (C=O) groups excluding carboxylic acids is 4. The fraction of sp³-hybridized carbons (Fsp3) is 0.200. The molecule has 0 saturated heterocycles. The summed E-state index contributed by atoms with van der Waals surface area (Å²) in [6.07, 6.45) is -1.75. The second-order valence-electron chi connectivity index (χ2n) is 16.3. The summed E-state index contributed by atoms with van der Waals surface area (Å²) in [5, 5.41) is 3.84. The van der Waals surface area contributed by atoms with Crippen molar-refractivity contribution in [2.75, 3.05) is 26.4 Å². The predicted octanol–water partition coefficient (Wildman–Crippen LogP) is 10.3. The molecule has 6 aromatic rings. The average Bonchev–Trinajstić information content (AvgIpc) is 3.60. The maximum absolute atomic E-state index is 12.4. The predicted molar refractivity (Wildman–Crippen MR) is 251 cm³/mol. The Morgan fingerprint density at radius 1 is 0.446 bits per heavy atom. The molecule has 1 aliphatic rings. The molecule has 10 heteroatoms. The standard InChI is InChI=1S/C55H50O10/c1-33(2)51(56)62-31-45(64-53(58)35(5)6)29-60-43-23-19-37-25-41(21-17-39(37)27-43)55(49-15-11-9-13-47(49)48-14-10-12-16-50(48)55)42-22-18-40-28-44(24-20-38(40)26-42)61-30-46(65-54(59)36(7)8)32-63-52(57)34(3)4/h9-28,45-46H,1,3,5,7,29-32H2,2,4,6,8H3. The van der Waals surface area contributed by atoms with E-state index in [4.69, 9.17) is 28.4 Å². The van der Waals surface area contributed by atoms with Crippen LogP contribution in [-0.4, -0.2) is 62.5 Å². The molecule has 0 radical (unpaired) electrons. The molecule has 0 bridgehead atoms. The van der Waals surface area contributed by atoms with Gasteiger partial charge in [0, 0.05) is 22.3 Å². The molecule has 0 heterocycles. The van der Waals surface area contributed by atoms with E-state index in [9.17, 15) is 19.2 Å². The number of ether oxygens (including phenoxy) is 6. The first-order valence-electron chi connectivity index (χ1n) is 21.1. The van der Waals surface area contributed by atoms with Gasteiger partial charge in [-0.25, -0.2) is 19.2 Å². The molecular formula is C55H50O10. The highest BCUT2D eigenvalue weighted by Gasteiger charge is 2.46. The Kier molecular flexibility index (Phi) is 13.5. The van der Waals surface area contributed by atoms with Crippen LogP contribution < -0.4 is 9.47 Å². The highest BCUT2D eigenvalue weighted by Crippen LogP contribution is 2.56. The fourth-order valence-electron chi connectivity index (χ4n) is 7.82. The van der Waals surface area contributed by atoms with Crippen molar-refractivity contribution in [1.82, 2.24) is 0 Å². The van der Waals surface area contributed by atoms with E-state index in [1.165, 1.54) is 13.8 Å². The van der Waals surface area contributed by atoms with Gasteiger partial charge in [0.25, 0.3) is 0 Å². The SMILES string of the molecule is C=C(C)C(=O)OCC(COc1ccc2cc(C3(c4ccc5cc(OCC(COC(=O)C(=C)C)OC(=O)C(=C)C)ccc5c4)c4ccccc4-c4ccccc43)ccc2c1)OC(=O)C(=C)C. The Balaban J connectivity index is 1.20. The van der Waals surface area contributed by atoms with Crippen LogP contribution in [0.5, 0.6) is 11.5 Å². The average molecular weight is 871 g/mol. The molecule has 65 heavy (non-hydrogen) atoms. The lowest BCUT2D eigenvalue weighted by atomic mass is 9.67. The van der Waals surface area contributed by atoms with Gasteiger partial charge in [-0.3, -0.25) is 0 Å². The van der Waals surface area contributed by atoms with Crippen molar-refractivity contribution in [2.24, 2.45) is 0 Å². The fourth-order valence-corrected chi connectivity index (χ4v) is 7.82. The number of hydrogen-bond acceptors (Lipinski definition) is 10. The van der Waals surface area contributed by atoms with Crippen LogP contribution in [0.3, 0.4) is 0 Å². The maximum Gasteiger partial charge on any atom is 0.333 e. The van der Waals surface area contributed by atoms with Crippen molar-refractivity contribution < 1.29 is 47.6 Å². The molecule has 0 spiro atoms. The summed E-state index contributed by atoms with van der Waals surface area (Å²) < 4.78 is 33.8. The number of carbonyl (C=O) groups is 4. The van der Waals surface area contributed by atoms with E-state index in [2.05, 4.69) is 111 Å². The Bertz CT molecular complexity index is 2710. The van der Waals surface area contributed by atoms with Gasteiger partial charge in [-0.2, -0.15) is 0 Å². The molecule has 0 amide bonds. The van der Waals surface area contributed by atoms with Crippen LogP contribution in [0, 0.1) is 0 Å². The highest BCUT2D eigenvalue weighted by atomic mass is 16.6. The largest absolute Gasteiger partial charge is 0.490 e. The first kappa shape index (κ1) is 45.3. The van der Waals surface area contributed by atoms with Crippen molar-refractivity contribution in [1.29, 1.82) is 0 Å². The second kappa shape index (κ2) is 19.3. The van der Waals surface area contributed by atoms with Gasteiger partial charge in [0.05, 0.1) is 5.41 Å². The first-order valence-corrected chi connectivity index (χ1v) is 21.1. The molecular weight excluding hydrogens is 821 g/mol. The van der Waals surface area contributed by atoms with Gasteiger partial charge in [-0.15, -0.1) is 0 Å². The third kappa shape index (κ3) is 9.77. The molecule has 0 aromatic heterocycles. The summed E-state index contributed by atoms with van der Waals surface area (Å²) in [5.74, 6) is -1.32. The van der Waals surface area contributed by atoms with E-state index in [-0.39, 0.29) is 48.7 Å². The maximum atomic E-state index is 12.4. The molecule has 0 saturated carbocycles. The van der Waals surface area contributed by atoms with Crippen molar-refractivity contribution in [3.8, 4) is 22.6 Å². The van der Waals surface area contributed by atoms with Crippen molar-refractivity contribution >= 4 is 45.4 Å². The Morgan fingerprint density at radius 3 is 1.18 bits per heavy atom. The van der Waals surface area contributed by atoms with Crippen molar-refractivity contribution in [3.63, 3.8) is 0 Å². The lowest BCUT2D eigenvalue weighted by Gasteiger charge is -2.34. The Morgan fingerprint density at radius 2 is 0.800 bits per heavy atom. The lowest BCUT2D eigenvalue weighted by molar-refractivity contribution is -0.155. The number of fused-ring (bicyclic) bond motifs is 5. The third-order valence-corrected chi connectivity index (χ3v) is 11.1. The van der Waals surface area contributed by atoms with Crippen molar-refractivity contribution in [3.05, 3.63) is 192 Å². The monoisotopic (exact) mass is 870 g/mol. The van der Waals surface area contributed by atoms with Crippen LogP contribution in [-0.2, 0) is 43.5 Å². The molecule has 7 rings (SSSR count). The van der Waals surface area contributed by atoms with Gasteiger partial charge in [0.1, 0.15) is 37.9 Å². The molecule has 6 aromatic carbocycles. The molecule has 0 N–H and O–H groups in total. The van der Waals surface area contributed by atoms with Gasteiger partial charge < -0.3 is 28.4 Å². The minimum absolute atomic E-state index is 0.0588. The molecule has 0 fully saturated rings. The van der Waals surface area contributed by atoms with Gasteiger partial charge in [0.15, 0.2) is 12.2 Å². The molecule has 10 nitrogen and oxygen atoms in total. The summed E-state index contributed by atoms with van der Waals surface area (Å²) in [5.41, 5.74) is 6.96. The number of rotatable bonds is 18. The smallest absolute Gasteiger partial charge is 0.333 e. The molecule has 2 atom stereocenters. The van der Waals surface area contributed by atoms with E-state index in [0.29, 0.717) is 11.5 Å². The van der Waals surface area contributed by atoms with Crippen LogP contribution in [0.15, 0.2) is 170 Å². The molecule has 1 aliphatic carbocycles. The summed E-state index contributed by atoms with van der Waals surface area (Å²) in [6.45, 7) is 20.2. The van der Waals surface area contributed by atoms with E-state index in [0.717, 1.165) is 54.9 Å². The molecule has 0 aliphatic heterocycles. The minimum atomic E-state index is -0.875. The number of hydrogen-bond donors (Lipinski definition) is 0. The summed E-state index contributed by atoms with van der Waals surface area (Å²) in [7, 11) is 0. The van der Waals surface area contributed by atoms with Crippen LogP contribution in [0.25, 0.3) is 32.7 Å². The number of esters is 4. The lowest BCUT2D eigenvalue weighted by Crippen LogP contribution is -2.31. The van der Waals surface area contributed by atoms with Gasteiger partial charge >= 0.3 is 23.9 Å². The minimum Gasteiger partial charge on any atom is -0.490 e. The highest BCUT2D eigenvalue weighted by molar-refractivity contribution is 5.93. The van der Waals surface area contributed by atoms with E-state index in [1.807, 2.05) is 36.4 Å². The Hall–Kier alpha value is -7.72. The zero-order chi connectivity index (χ0) is 46.4. The summed E-state index contributed by atoms with van der Waals surface area (Å²) >= 11 is 0. The van der Waals surface area contributed by atoms with Gasteiger partial charge in [0.2, 0.25) is 0 Å². The van der Waals surface area contributed by atoms with E-state index < -0.39 is 41.5 Å². The zero-order valence-electron chi connectivity index (χ0n) is 36.9. The molecule has 2 unspecified atom stereocenters. The topological polar surface area (TPSA) is 124 Å². The van der Waals surface area contributed by atoms with Gasteiger partial charge in [-0.1, -0.05) is 111 Å². The first-order chi connectivity index (χ1) is 31.1. The quantitative estimate of drug-likeness (QED) is 0.0468. The van der Waals surface area contributed by atoms with Gasteiger partial charge in [-0.05, 0) is 119 Å². The third-order valence-electron chi connectivity index (χ3n) is 11.1. The van der Waals surface area contributed by atoms with Crippen molar-refractivity contribution in [2.45, 2.75) is 45.3 Å². The van der Waals surface area contributed by atoms with Crippen LogP contribution >= 0.6 is 0 Å². The Labute approximate surface area is 378 Å². The summed E-state index contributed by atoms with van der Waals surface area (Å²) in [6, 6.07) is 41.6. The van der Waals surface area contributed by atoms with Crippen LogP contribution in [0.2, 0.25) is 0 Å². The van der Waals surface area contributed by atoms with Crippen LogP contribution in [0.1, 0.15) is 49.9 Å². The van der Waals surface area contributed by atoms with Crippen LogP contribution in [0.4, 0.5) is 0 Å².